The van der Waals surface area contributed by atoms with Crippen molar-refractivity contribution in [2.45, 2.75) is 139 Å². The first-order valence-electron chi connectivity index (χ1n) is 19.2. The maximum atomic E-state index is 3.93. The summed E-state index contributed by atoms with van der Waals surface area (Å²) >= 11 is 0. The van der Waals surface area contributed by atoms with E-state index in [1.165, 1.54) is 45.2 Å². The van der Waals surface area contributed by atoms with Crippen LogP contribution in [0.1, 0.15) is 127 Å². The Balaban J connectivity index is 1.22. The molecule has 1 aromatic carbocycles. The monoisotopic (exact) mass is 632 g/mol. The molecule has 2 nitrogen and oxygen atoms in total. The fourth-order valence-electron chi connectivity index (χ4n) is 14.5. The lowest BCUT2D eigenvalue weighted by Crippen LogP contribution is -2.64. The molecular formula is C40H62N2P2. The summed E-state index contributed by atoms with van der Waals surface area (Å²) in [4.78, 5) is 0. The van der Waals surface area contributed by atoms with Gasteiger partial charge in [-0.25, -0.2) is 0 Å². The first-order chi connectivity index (χ1) is 21.1. The van der Waals surface area contributed by atoms with Gasteiger partial charge in [-0.3, -0.25) is 0 Å². The molecule has 11 rings (SSSR count). The van der Waals surface area contributed by atoms with Crippen molar-refractivity contribution in [3.63, 3.8) is 0 Å². The Bertz CT molecular complexity index is 1120. The lowest BCUT2D eigenvalue weighted by molar-refractivity contribution is -0.158. The second-order valence-corrected chi connectivity index (χ2v) is 23.0. The minimum Gasteiger partial charge on any atom is -0.316 e. The summed E-state index contributed by atoms with van der Waals surface area (Å²) in [5, 5.41) is 7.88. The van der Waals surface area contributed by atoms with E-state index in [2.05, 4.69) is 58.8 Å². The molecule has 10 fully saturated rings. The van der Waals surface area contributed by atoms with E-state index >= 15 is 0 Å². The Labute approximate surface area is 273 Å². The molecule has 3 atom stereocenters. The van der Waals surface area contributed by atoms with Crippen molar-refractivity contribution in [3.8, 4) is 0 Å². The van der Waals surface area contributed by atoms with E-state index in [9.17, 15) is 0 Å². The summed E-state index contributed by atoms with van der Waals surface area (Å²) in [6.45, 7) is 12.4. The topological polar surface area (TPSA) is 24.1 Å². The summed E-state index contributed by atoms with van der Waals surface area (Å²) in [6, 6.07) is 8.25. The van der Waals surface area contributed by atoms with Crippen LogP contribution in [0.4, 0.5) is 0 Å². The van der Waals surface area contributed by atoms with Gasteiger partial charge in [0.25, 0.3) is 0 Å². The Morgan fingerprint density at radius 1 is 0.705 bits per heavy atom. The third kappa shape index (κ3) is 4.67. The molecule has 0 amide bonds. The van der Waals surface area contributed by atoms with Gasteiger partial charge in [0.05, 0.1) is 0 Å². The van der Waals surface area contributed by atoms with E-state index in [-0.39, 0.29) is 18.5 Å². The van der Waals surface area contributed by atoms with Gasteiger partial charge < -0.3 is 10.6 Å². The quantitative estimate of drug-likeness (QED) is 0.293. The Hall–Kier alpha value is -0.0000000000000000555. The largest absolute Gasteiger partial charge is 0.316 e. The number of rotatable bonds is 7. The van der Waals surface area contributed by atoms with Crippen LogP contribution >= 0.6 is 17.2 Å². The predicted molar refractivity (Wildman–Crippen MR) is 191 cm³/mol. The van der Waals surface area contributed by atoms with E-state index in [0.29, 0.717) is 10.8 Å². The molecule has 2 heterocycles. The van der Waals surface area contributed by atoms with Crippen LogP contribution in [0.2, 0.25) is 0 Å². The van der Waals surface area contributed by atoms with Gasteiger partial charge >= 0.3 is 0 Å². The lowest BCUT2D eigenvalue weighted by Gasteiger charge is -2.72. The van der Waals surface area contributed by atoms with Gasteiger partial charge in [0.2, 0.25) is 0 Å². The van der Waals surface area contributed by atoms with Crippen LogP contribution in [0, 0.1) is 46.3 Å². The average molecular weight is 633 g/mol. The smallest absolute Gasteiger partial charge is 0.0213 e. The van der Waals surface area contributed by atoms with E-state index in [0.717, 1.165) is 46.8 Å². The van der Waals surface area contributed by atoms with E-state index < -0.39 is 0 Å². The molecule has 3 unspecified atom stereocenters. The number of nitrogens with one attached hydrogen (secondary N) is 2. The van der Waals surface area contributed by atoms with Gasteiger partial charge in [0.15, 0.2) is 0 Å². The van der Waals surface area contributed by atoms with E-state index in [1.807, 2.05) is 11.1 Å². The van der Waals surface area contributed by atoms with Crippen molar-refractivity contribution in [3.05, 3.63) is 34.9 Å². The van der Waals surface area contributed by atoms with Crippen LogP contribution in [-0.2, 0) is 16.7 Å². The molecule has 8 bridgehead atoms. The van der Waals surface area contributed by atoms with Crippen molar-refractivity contribution in [1.82, 2.24) is 10.6 Å². The minimum atomic E-state index is -0.0514. The molecule has 0 spiro atoms. The SMILES string of the molecule is CC(C)(C)c1ccc(C(P)(C23CC4CC(CC(C4)C2)C3)C23CC4CC(CC(C4)C2)C3)c(CP(C2CCNC2)C2CCNC2)c1. The fraction of sp³-hybridized carbons (Fsp3) is 0.850. The highest BCUT2D eigenvalue weighted by atomic mass is 31.1. The second-order valence-electron chi connectivity index (χ2n) is 19.3. The standard InChI is InChI=1S/C40H62N2P2/c1-37(2,3)33-4-5-36(32(16-33)25-44(34-6-8-41-23-34)35-7-9-42-24-35)40(43,38-17-26-10-27(18-38)12-28(11-26)19-38)39-20-29-13-30(21-39)15-31(14-29)22-39/h4-5,16,26-31,34-35,41-42H,6-15,17-25,43H2,1-3H3. The molecule has 242 valence electrons. The maximum absolute atomic E-state index is 3.93. The van der Waals surface area contributed by atoms with Crippen LogP contribution in [0.3, 0.4) is 0 Å². The minimum absolute atomic E-state index is 0.0514. The summed E-state index contributed by atoms with van der Waals surface area (Å²) in [6.07, 6.45) is 22.8. The normalized spacial score (nSPS) is 46.1. The van der Waals surface area contributed by atoms with Crippen LogP contribution in [0.5, 0.6) is 0 Å². The highest BCUT2D eigenvalue weighted by molar-refractivity contribution is 7.58. The summed E-state index contributed by atoms with van der Waals surface area (Å²) in [5.41, 5.74) is 8.28. The van der Waals surface area contributed by atoms with Gasteiger partial charge in [-0.1, -0.05) is 46.9 Å². The molecule has 44 heavy (non-hydrogen) atoms. The zero-order valence-corrected chi connectivity index (χ0v) is 30.4. The molecule has 2 N–H and O–H groups in total. The number of hydrogen-bond acceptors (Lipinski definition) is 2. The molecular weight excluding hydrogens is 570 g/mol. The molecule has 1 aromatic rings. The summed E-state index contributed by atoms with van der Waals surface area (Å²) in [5.74, 6) is 6.08. The average Bonchev–Trinajstić information content (AvgIpc) is 3.69. The van der Waals surface area contributed by atoms with Crippen molar-refractivity contribution < 1.29 is 0 Å². The third-order valence-electron chi connectivity index (χ3n) is 15.5. The maximum Gasteiger partial charge on any atom is 0.0213 e. The number of hydrogen-bond donors (Lipinski definition) is 2. The first-order valence-corrected chi connectivity index (χ1v) is 21.5. The molecule has 10 aliphatic rings. The second kappa shape index (κ2) is 10.8. The van der Waals surface area contributed by atoms with Crippen LogP contribution in [0.25, 0.3) is 0 Å². The number of benzene rings is 1. The zero-order valence-electron chi connectivity index (χ0n) is 28.3. The van der Waals surface area contributed by atoms with Gasteiger partial charge in [0, 0.05) is 18.2 Å². The first kappa shape index (κ1) is 30.1. The molecule has 8 saturated carbocycles. The molecule has 0 aromatic heterocycles. The molecule has 4 heteroatoms. The van der Waals surface area contributed by atoms with E-state index in [1.54, 1.807) is 82.6 Å². The summed E-state index contributed by atoms with van der Waals surface area (Å²) < 4.78 is 0. The Kier molecular flexibility index (Phi) is 7.35. The molecule has 8 aliphatic carbocycles. The van der Waals surface area contributed by atoms with Crippen LogP contribution in [0.15, 0.2) is 18.2 Å². The van der Waals surface area contributed by atoms with Crippen molar-refractivity contribution >= 4 is 17.2 Å². The van der Waals surface area contributed by atoms with Gasteiger partial charge in [-0.2, -0.15) is 0 Å². The Morgan fingerprint density at radius 3 is 1.50 bits per heavy atom. The van der Waals surface area contributed by atoms with Crippen molar-refractivity contribution in [2.24, 2.45) is 46.3 Å². The van der Waals surface area contributed by atoms with Crippen LogP contribution < -0.4 is 10.6 Å². The van der Waals surface area contributed by atoms with Gasteiger partial charge in [-0.05, 0) is 189 Å². The van der Waals surface area contributed by atoms with Crippen LogP contribution in [-0.4, -0.2) is 37.5 Å². The van der Waals surface area contributed by atoms with Crippen molar-refractivity contribution in [1.29, 1.82) is 0 Å². The highest BCUT2D eigenvalue weighted by Gasteiger charge is 2.69. The molecule has 2 aliphatic heterocycles. The molecule has 0 radical (unpaired) electrons. The Morgan fingerprint density at radius 2 is 1.14 bits per heavy atom. The third-order valence-corrected chi connectivity index (χ3v) is 20.5. The van der Waals surface area contributed by atoms with Crippen molar-refractivity contribution in [2.75, 3.05) is 26.2 Å². The lowest BCUT2D eigenvalue weighted by atomic mass is 9.37. The molecule has 2 saturated heterocycles. The predicted octanol–water partition coefficient (Wildman–Crippen LogP) is 9.19. The fourth-order valence-corrected chi connectivity index (χ4v) is 18.9. The summed E-state index contributed by atoms with van der Waals surface area (Å²) in [7, 11) is 3.88. The zero-order chi connectivity index (χ0) is 29.9. The van der Waals surface area contributed by atoms with Gasteiger partial charge in [0.1, 0.15) is 0 Å². The van der Waals surface area contributed by atoms with E-state index in [4.69, 9.17) is 0 Å². The highest BCUT2D eigenvalue weighted by Crippen LogP contribution is 2.78. The van der Waals surface area contributed by atoms with Gasteiger partial charge in [-0.15, -0.1) is 9.24 Å².